The standard InChI is InChI=1S/C45H50N2O2S2Si/c1-7-11-12-13-16-27-46-37-30-32(5)19-22-35(37)42(44(46)48)43-36-23-21-34(39-25-26-41(51-39)40-24-20-33(6)50-40)31-38(36)47(45(43)49)28-17-14-15-18-29-52(8-2,9-3)10-4/h19-26,30-31H,8-10,12-17,27-28H2,1-6H3/b43-42+. The van der Waals surface area contributed by atoms with Gasteiger partial charge in [0.05, 0.1) is 22.5 Å². The molecule has 2 amide bonds. The van der Waals surface area contributed by atoms with Gasteiger partial charge in [0, 0.05) is 56.6 Å². The Balaban J connectivity index is 1.35. The number of carbonyl (C=O) groups excluding carboxylic acids is 2. The molecule has 0 spiro atoms. The van der Waals surface area contributed by atoms with Crippen LogP contribution in [-0.4, -0.2) is 33.0 Å². The minimum Gasteiger partial charge on any atom is -0.308 e. The van der Waals surface area contributed by atoms with Gasteiger partial charge in [-0.05, 0) is 112 Å². The molecule has 268 valence electrons. The molecule has 6 rings (SSSR count). The average molecular weight is 743 g/mol. The summed E-state index contributed by atoms with van der Waals surface area (Å²) < 4.78 is 0. The lowest BCUT2D eigenvalue weighted by Crippen LogP contribution is -2.30. The van der Waals surface area contributed by atoms with E-state index < -0.39 is 8.07 Å². The molecule has 7 heteroatoms. The maximum atomic E-state index is 14.7. The first-order valence-corrected chi connectivity index (χ1v) is 23.2. The van der Waals surface area contributed by atoms with Crippen molar-refractivity contribution in [1.29, 1.82) is 0 Å². The molecular weight excluding hydrogens is 693 g/mol. The van der Waals surface area contributed by atoms with Crippen LogP contribution in [0.15, 0.2) is 60.7 Å². The van der Waals surface area contributed by atoms with Gasteiger partial charge in [-0.15, -0.1) is 46.0 Å². The molecule has 0 saturated carbocycles. The summed E-state index contributed by atoms with van der Waals surface area (Å²) in [5.74, 6) is 9.48. The summed E-state index contributed by atoms with van der Waals surface area (Å²) in [7, 11) is -1.48. The van der Waals surface area contributed by atoms with Gasteiger partial charge in [0.15, 0.2) is 0 Å². The molecule has 2 aromatic carbocycles. The molecule has 2 aliphatic rings. The summed E-state index contributed by atoms with van der Waals surface area (Å²) in [6, 6.07) is 24.9. The zero-order chi connectivity index (χ0) is 36.8. The summed E-state index contributed by atoms with van der Waals surface area (Å²) in [4.78, 5) is 37.9. The largest absolute Gasteiger partial charge is 0.308 e. The van der Waals surface area contributed by atoms with E-state index in [4.69, 9.17) is 0 Å². The van der Waals surface area contributed by atoms with Crippen molar-refractivity contribution in [3.63, 3.8) is 0 Å². The van der Waals surface area contributed by atoms with Gasteiger partial charge in [-0.25, -0.2) is 0 Å². The Morgan fingerprint density at radius 3 is 1.79 bits per heavy atom. The number of benzene rings is 2. The molecule has 0 aliphatic carbocycles. The SMILES string of the molecule is CC#CCCCCN1C(=O)/C(=C2/C(=O)N(CCCCC#C[Si](CC)(CC)CC)c3cc(-c4ccc(-c5ccc(C)s5)s4)ccc32)c2ccc(C)cc21. The Bertz CT molecular complexity index is 2120. The fourth-order valence-electron chi connectivity index (χ4n) is 7.39. The molecular formula is C45H50N2O2S2Si. The predicted octanol–water partition coefficient (Wildman–Crippen LogP) is 11.8. The van der Waals surface area contributed by atoms with E-state index in [2.05, 4.69) is 106 Å². The first-order chi connectivity index (χ1) is 25.2. The van der Waals surface area contributed by atoms with Gasteiger partial charge in [0.1, 0.15) is 8.07 Å². The minimum atomic E-state index is -1.48. The van der Waals surface area contributed by atoms with E-state index in [9.17, 15) is 9.59 Å². The normalized spacial score (nSPS) is 15.0. The lowest BCUT2D eigenvalue weighted by molar-refractivity contribution is -0.114. The second-order valence-corrected chi connectivity index (χ2v) is 21.3. The molecule has 2 aromatic heterocycles. The van der Waals surface area contributed by atoms with Crippen LogP contribution in [0.5, 0.6) is 0 Å². The summed E-state index contributed by atoms with van der Waals surface area (Å²) in [6.07, 6.45) is 5.23. The zero-order valence-electron chi connectivity index (χ0n) is 31.6. The van der Waals surface area contributed by atoms with Crippen molar-refractivity contribution in [1.82, 2.24) is 0 Å². The van der Waals surface area contributed by atoms with Crippen LogP contribution < -0.4 is 9.80 Å². The van der Waals surface area contributed by atoms with E-state index in [0.29, 0.717) is 24.2 Å². The van der Waals surface area contributed by atoms with Crippen LogP contribution in [0, 0.1) is 37.2 Å². The number of thiophene rings is 2. The molecule has 4 aromatic rings. The van der Waals surface area contributed by atoms with Crippen LogP contribution in [0.4, 0.5) is 11.4 Å². The van der Waals surface area contributed by atoms with Crippen molar-refractivity contribution >= 4 is 65.1 Å². The second kappa shape index (κ2) is 16.7. The van der Waals surface area contributed by atoms with Gasteiger partial charge in [-0.1, -0.05) is 45.0 Å². The number of aryl methyl sites for hydroxylation is 2. The van der Waals surface area contributed by atoms with Crippen LogP contribution >= 0.6 is 22.7 Å². The van der Waals surface area contributed by atoms with Gasteiger partial charge in [0.2, 0.25) is 0 Å². The third kappa shape index (κ3) is 7.65. The van der Waals surface area contributed by atoms with Crippen LogP contribution in [0.3, 0.4) is 0 Å². The van der Waals surface area contributed by atoms with Crippen LogP contribution in [0.1, 0.15) is 87.8 Å². The number of rotatable bonds is 13. The Labute approximate surface area is 320 Å². The quantitative estimate of drug-likeness (QED) is 0.0592. The predicted molar refractivity (Wildman–Crippen MR) is 227 cm³/mol. The molecule has 0 N–H and O–H groups in total. The highest BCUT2D eigenvalue weighted by Gasteiger charge is 2.42. The van der Waals surface area contributed by atoms with Gasteiger partial charge in [-0.3, -0.25) is 9.59 Å². The highest BCUT2D eigenvalue weighted by atomic mass is 32.1. The first kappa shape index (κ1) is 37.6. The third-order valence-electron chi connectivity index (χ3n) is 10.7. The van der Waals surface area contributed by atoms with Gasteiger partial charge < -0.3 is 9.80 Å². The Kier molecular flexibility index (Phi) is 12.1. The number of hydrogen-bond donors (Lipinski definition) is 0. The van der Waals surface area contributed by atoms with Gasteiger partial charge >= 0.3 is 0 Å². The van der Waals surface area contributed by atoms with E-state index in [0.717, 1.165) is 72.2 Å². The molecule has 0 radical (unpaired) electrons. The highest BCUT2D eigenvalue weighted by molar-refractivity contribution is 7.23. The number of carbonyl (C=O) groups is 2. The summed E-state index contributed by atoms with van der Waals surface area (Å²) in [5.41, 5.74) is 10.5. The Morgan fingerprint density at radius 2 is 1.19 bits per heavy atom. The smallest absolute Gasteiger partial charge is 0.259 e. The molecule has 4 nitrogen and oxygen atoms in total. The summed E-state index contributed by atoms with van der Waals surface area (Å²) in [5, 5.41) is 0. The molecule has 0 fully saturated rings. The Morgan fingerprint density at radius 1 is 0.635 bits per heavy atom. The molecule has 0 saturated heterocycles. The van der Waals surface area contributed by atoms with Crippen LogP contribution in [0.25, 0.3) is 31.3 Å². The maximum absolute atomic E-state index is 14.7. The number of fused-ring (bicyclic) bond motifs is 2. The van der Waals surface area contributed by atoms with E-state index in [-0.39, 0.29) is 11.8 Å². The van der Waals surface area contributed by atoms with E-state index in [1.165, 1.54) is 37.6 Å². The van der Waals surface area contributed by atoms with Crippen molar-refractivity contribution in [3.8, 4) is 43.5 Å². The topological polar surface area (TPSA) is 40.6 Å². The number of amides is 2. The highest BCUT2D eigenvalue weighted by Crippen LogP contribution is 2.48. The Hall–Kier alpha value is -4.14. The van der Waals surface area contributed by atoms with Crippen molar-refractivity contribution in [3.05, 3.63) is 82.2 Å². The molecule has 4 heterocycles. The maximum Gasteiger partial charge on any atom is 0.259 e. The lowest BCUT2D eigenvalue weighted by Gasteiger charge is -2.20. The molecule has 0 bridgehead atoms. The van der Waals surface area contributed by atoms with Crippen molar-refractivity contribution in [2.75, 3.05) is 22.9 Å². The van der Waals surface area contributed by atoms with Crippen LogP contribution in [0.2, 0.25) is 18.1 Å². The minimum absolute atomic E-state index is 0.0801. The second-order valence-electron chi connectivity index (χ2n) is 14.0. The zero-order valence-corrected chi connectivity index (χ0v) is 34.2. The lowest BCUT2D eigenvalue weighted by atomic mass is 9.95. The molecule has 0 atom stereocenters. The summed E-state index contributed by atoms with van der Waals surface area (Å²) >= 11 is 3.59. The first-order valence-electron chi connectivity index (χ1n) is 18.9. The van der Waals surface area contributed by atoms with Crippen molar-refractivity contribution in [2.45, 2.75) is 98.2 Å². The molecule has 52 heavy (non-hydrogen) atoms. The average Bonchev–Trinajstić information content (AvgIpc) is 3.93. The number of unbranched alkanes of at least 4 members (excludes halogenated alkanes) is 4. The van der Waals surface area contributed by atoms with E-state index in [1.54, 1.807) is 11.3 Å². The van der Waals surface area contributed by atoms with E-state index in [1.807, 2.05) is 40.2 Å². The fraction of sp³-hybridized carbons (Fsp3) is 0.378. The van der Waals surface area contributed by atoms with Crippen molar-refractivity contribution in [2.24, 2.45) is 0 Å². The van der Waals surface area contributed by atoms with E-state index >= 15 is 0 Å². The van der Waals surface area contributed by atoms with Gasteiger partial charge in [0.25, 0.3) is 11.8 Å². The number of anilines is 2. The van der Waals surface area contributed by atoms with Crippen LogP contribution in [-0.2, 0) is 9.59 Å². The van der Waals surface area contributed by atoms with Gasteiger partial charge in [-0.2, -0.15) is 0 Å². The fourth-order valence-corrected chi connectivity index (χ4v) is 11.9. The number of hydrogen-bond acceptors (Lipinski definition) is 4. The molecule has 2 aliphatic heterocycles. The van der Waals surface area contributed by atoms with Crippen molar-refractivity contribution < 1.29 is 9.59 Å². The molecule has 0 unspecified atom stereocenters. The third-order valence-corrected chi connectivity index (χ3v) is 17.8. The summed E-state index contributed by atoms with van der Waals surface area (Å²) in [6.45, 7) is 14.1. The monoisotopic (exact) mass is 742 g/mol. The number of nitrogens with zero attached hydrogens (tertiary/aromatic N) is 2.